The Kier molecular flexibility index (Phi) is 6.06. The van der Waals surface area contributed by atoms with Gasteiger partial charge in [-0.25, -0.2) is 13.2 Å². The summed E-state index contributed by atoms with van der Waals surface area (Å²) in [6, 6.07) is 18.5. The number of anilines is 2. The first-order valence-electron chi connectivity index (χ1n) is 10.3. The predicted molar refractivity (Wildman–Crippen MR) is 127 cm³/mol. The molecule has 0 aliphatic heterocycles. The van der Waals surface area contributed by atoms with Crippen molar-refractivity contribution < 1.29 is 17.6 Å². The zero-order valence-electron chi connectivity index (χ0n) is 18.2. The molecular weight excluding hydrogens is 442 g/mol. The van der Waals surface area contributed by atoms with Gasteiger partial charge in [-0.3, -0.25) is 14.1 Å². The molecule has 3 aromatic carbocycles. The van der Waals surface area contributed by atoms with Crippen LogP contribution >= 0.6 is 0 Å². The van der Waals surface area contributed by atoms with Crippen LogP contribution in [0.1, 0.15) is 17.5 Å². The lowest BCUT2D eigenvalue weighted by Crippen LogP contribution is -2.20. The van der Waals surface area contributed by atoms with Crippen LogP contribution in [0.25, 0.3) is 11.1 Å². The summed E-state index contributed by atoms with van der Waals surface area (Å²) in [5.74, 6) is -0.827. The molecule has 4 rings (SSSR count). The molecule has 0 fully saturated rings. The average molecular weight is 466 g/mol. The van der Waals surface area contributed by atoms with Crippen molar-refractivity contribution in [1.82, 2.24) is 4.57 Å². The summed E-state index contributed by atoms with van der Waals surface area (Å²) >= 11 is 0. The first-order valence-corrected chi connectivity index (χ1v) is 11.8. The topological polar surface area (TPSA) is 110 Å². The Balaban J connectivity index is 1.41. The van der Waals surface area contributed by atoms with E-state index in [0.29, 0.717) is 22.5 Å². The van der Waals surface area contributed by atoms with Gasteiger partial charge in [-0.1, -0.05) is 30.3 Å². The molecule has 0 aliphatic carbocycles. The summed E-state index contributed by atoms with van der Waals surface area (Å²) in [7, 11) is -3.78. The van der Waals surface area contributed by atoms with Crippen molar-refractivity contribution >= 4 is 38.4 Å². The van der Waals surface area contributed by atoms with Gasteiger partial charge in [-0.2, -0.15) is 0 Å². The highest BCUT2D eigenvalue weighted by Crippen LogP contribution is 2.24. The average Bonchev–Trinajstić information content (AvgIpc) is 3.10. The molecule has 0 saturated heterocycles. The maximum atomic E-state index is 12.8. The maximum Gasteiger partial charge on any atom is 0.419 e. The van der Waals surface area contributed by atoms with E-state index in [-0.39, 0.29) is 23.8 Å². The Labute approximate surface area is 190 Å². The molecule has 0 unspecified atom stereocenters. The largest absolute Gasteiger partial charge is 0.419 e. The van der Waals surface area contributed by atoms with E-state index in [2.05, 4.69) is 10.0 Å². The fourth-order valence-electron chi connectivity index (χ4n) is 3.55. The molecule has 9 heteroatoms. The zero-order chi connectivity index (χ0) is 23.6. The van der Waals surface area contributed by atoms with E-state index in [0.717, 1.165) is 11.1 Å². The van der Waals surface area contributed by atoms with Gasteiger partial charge in [0.2, 0.25) is 5.91 Å². The van der Waals surface area contributed by atoms with Crippen LogP contribution in [0.2, 0.25) is 0 Å². The van der Waals surface area contributed by atoms with Crippen molar-refractivity contribution in [2.24, 2.45) is 0 Å². The summed E-state index contributed by atoms with van der Waals surface area (Å²) < 4.78 is 34.7. The Bertz CT molecular complexity index is 1460. The predicted octanol–water partition coefficient (Wildman–Crippen LogP) is 4.04. The van der Waals surface area contributed by atoms with Gasteiger partial charge in [-0.05, 0) is 61.4 Å². The number of hydrogen-bond acceptors (Lipinski definition) is 5. The summed E-state index contributed by atoms with van der Waals surface area (Å²) in [5, 5.41) is 2.72. The first-order chi connectivity index (χ1) is 15.7. The van der Waals surface area contributed by atoms with Crippen molar-refractivity contribution in [2.45, 2.75) is 31.7 Å². The summed E-state index contributed by atoms with van der Waals surface area (Å²) in [6.07, 6.45) is 0.0532. The van der Waals surface area contributed by atoms with E-state index in [1.807, 2.05) is 32.0 Å². The number of para-hydroxylation sites is 3. The monoisotopic (exact) mass is 465 g/mol. The zero-order valence-corrected chi connectivity index (χ0v) is 19.0. The van der Waals surface area contributed by atoms with Crippen LogP contribution in [-0.4, -0.2) is 18.9 Å². The molecule has 0 atom stereocenters. The molecule has 1 amide bonds. The van der Waals surface area contributed by atoms with E-state index in [4.69, 9.17) is 4.42 Å². The number of aromatic nitrogens is 1. The molecule has 1 heterocycles. The number of benzene rings is 3. The van der Waals surface area contributed by atoms with Crippen molar-refractivity contribution in [3.05, 3.63) is 88.4 Å². The Hall–Kier alpha value is -3.85. The van der Waals surface area contributed by atoms with Crippen LogP contribution in [0.4, 0.5) is 11.4 Å². The summed E-state index contributed by atoms with van der Waals surface area (Å²) in [4.78, 5) is 24.5. The lowest BCUT2D eigenvalue weighted by Gasteiger charge is -2.13. The third-order valence-corrected chi connectivity index (χ3v) is 6.67. The van der Waals surface area contributed by atoms with Gasteiger partial charge in [0.05, 0.1) is 16.1 Å². The van der Waals surface area contributed by atoms with Crippen LogP contribution in [0.15, 0.2) is 80.8 Å². The fraction of sp³-hybridized carbons (Fsp3) is 0.167. The number of aryl methyl sites for hydroxylation is 3. The number of carbonyl (C=O) groups is 1. The van der Waals surface area contributed by atoms with E-state index in [1.165, 1.54) is 28.8 Å². The molecule has 0 bridgehead atoms. The molecule has 0 spiro atoms. The van der Waals surface area contributed by atoms with Crippen molar-refractivity contribution in [3.8, 4) is 0 Å². The smallest absolute Gasteiger partial charge is 0.408 e. The van der Waals surface area contributed by atoms with Crippen LogP contribution in [-0.2, 0) is 21.4 Å². The number of carbonyl (C=O) groups excluding carboxylic acids is 1. The second-order valence-corrected chi connectivity index (χ2v) is 9.36. The van der Waals surface area contributed by atoms with Crippen LogP contribution in [0.5, 0.6) is 0 Å². The number of sulfonamides is 1. The number of fused-ring (bicyclic) bond motifs is 1. The number of nitrogens with zero attached hydrogens (tertiary/aromatic N) is 1. The molecular formula is C24H23N3O5S. The van der Waals surface area contributed by atoms with E-state index in [9.17, 15) is 18.0 Å². The number of rotatable bonds is 7. The van der Waals surface area contributed by atoms with Gasteiger partial charge in [0, 0.05) is 18.7 Å². The van der Waals surface area contributed by atoms with Crippen molar-refractivity contribution in [3.63, 3.8) is 0 Å². The van der Waals surface area contributed by atoms with Crippen LogP contribution < -0.4 is 15.8 Å². The van der Waals surface area contributed by atoms with Gasteiger partial charge in [0.25, 0.3) is 10.0 Å². The molecule has 0 saturated carbocycles. The minimum absolute atomic E-state index is 0.0532. The quantitative estimate of drug-likeness (QED) is 0.428. The van der Waals surface area contributed by atoms with Gasteiger partial charge in [0.1, 0.15) is 0 Å². The lowest BCUT2D eigenvalue weighted by atomic mass is 10.1. The van der Waals surface area contributed by atoms with Gasteiger partial charge in [-0.15, -0.1) is 0 Å². The third kappa shape index (κ3) is 4.83. The minimum atomic E-state index is -3.78. The Morgan fingerprint density at radius 3 is 2.30 bits per heavy atom. The highest BCUT2D eigenvalue weighted by molar-refractivity contribution is 7.92. The van der Waals surface area contributed by atoms with Gasteiger partial charge in [0.15, 0.2) is 5.58 Å². The molecule has 33 heavy (non-hydrogen) atoms. The van der Waals surface area contributed by atoms with Crippen LogP contribution in [0.3, 0.4) is 0 Å². The molecule has 0 aliphatic rings. The number of nitrogens with one attached hydrogen (secondary N) is 2. The third-order valence-electron chi connectivity index (χ3n) is 5.30. The standard InChI is InChI=1S/C24H23N3O5S/c1-16-6-5-7-17(2)23(16)26-33(30,31)19-12-10-18(11-13-19)25-22(28)14-15-27-20-8-3-4-9-21(20)32-24(27)29/h3-13,26H,14-15H2,1-2H3,(H,25,28). The maximum absolute atomic E-state index is 12.8. The highest BCUT2D eigenvalue weighted by Gasteiger charge is 2.17. The normalized spacial score (nSPS) is 11.5. The SMILES string of the molecule is Cc1cccc(C)c1NS(=O)(=O)c1ccc(NC(=O)CCn2c(=O)oc3ccccc32)cc1. The number of oxazole rings is 1. The Morgan fingerprint density at radius 2 is 1.61 bits per heavy atom. The number of amides is 1. The van der Waals surface area contributed by atoms with E-state index < -0.39 is 15.8 Å². The van der Waals surface area contributed by atoms with E-state index in [1.54, 1.807) is 24.3 Å². The lowest BCUT2D eigenvalue weighted by molar-refractivity contribution is -0.116. The molecule has 0 radical (unpaired) electrons. The fourth-order valence-corrected chi connectivity index (χ4v) is 4.75. The molecule has 8 nitrogen and oxygen atoms in total. The molecule has 2 N–H and O–H groups in total. The van der Waals surface area contributed by atoms with Gasteiger partial charge < -0.3 is 9.73 Å². The van der Waals surface area contributed by atoms with Crippen molar-refractivity contribution in [2.75, 3.05) is 10.0 Å². The van der Waals surface area contributed by atoms with Gasteiger partial charge >= 0.3 is 5.76 Å². The summed E-state index contributed by atoms with van der Waals surface area (Å²) in [5.41, 5.74) is 3.75. The Morgan fingerprint density at radius 1 is 0.939 bits per heavy atom. The summed E-state index contributed by atoms with van der Waals surface area (Å²) in [6.45, 7) is 3.83. The highest BCUT2D eigenvalue weighted by atomic mass is 32.2. The van der Waals surface area contributed by atoms with Crippen molar-refractivity contribution in [1.29, 1.82) is 0 Å². The molecule has 170 valence electrons. The molecule has 1 aromatic heterocycles. The minimum Gasteiger partial charge on any atom is -0.408 e. The molecule has 4 aromatic rings. The second kappa shape index (κ2) is 8.95. The van der Waals surface area contributed by atoms with E-state index >= 15 is 0 Å². The second-order valence-electron chi connectivity index (χ2n) is 7.68. The number of hydrogen-bond donors (Lipinski definition) is 2. The first kappa shape index (κ1) is 22.3. The van der Waals surface area contributed by atoms with Crippen LogP contribution in [0, 0.1) is 13.8 Å².